The minimum atomic E-state index is 0.0869. The van der Waals surface area contributed by atoms with Gasteiger partial charge in [0.15, 0.2) is 5.13 Å². The lowest BCUT2D eigenvalue weighted by atomic mass is 10.1. The van der Waals surface area contributed by atoms with E-state index in [4.69, 9.17) is 0 Å². The molecule has 2 aromatic rings. The Morgan fingerprint density at radius 2 is 1.85 bits per heavy atom. The van der Waals surface area contributed by atoms with Crippen LogP contribution in [0.3, 0.4) is 0 Å². The van der Waals surface area contributed by atoms with E-state index in [0.717, 1.165) is 34.4 Å². The van der Waals surface area contributed by atoms with Gasteiger partial charge in [-0.05, 0) is 26.2 Å². The van der Waals surface area contributed by atoms with Crippen LogP contribution in [0, 0.1) is 6.92 Å². The largest absolute Gasteiger partial charge is 0.348 e. The Labute approximate surface area is 123 Å². The number of piperidine rings is 1. The molecule has 3 rings (SSSR count). The fraction of sp³-hybridized carbons (Fsp3) is 0.375. The van der Waals surface area contributed by atoms with E-state index in [9.17, 15) is 4.79 Å². The molecule has 0 spiro atoms. The first-order valence-electron chi connectivity index (χ1n) is 7.08. The van der Waals surface area contributed by atoms with Crippen LogP contribution in [0.1, 0.15) is 40.2 Å². The van der Waals surface area contributed by atoms with E-state index < -0.39 is 0 Å². The smallest absolute Gasteiger partial charge is 0.204 e. The van der Waals surface area contributed by atoms with Gasteiger partial charge < -0.3 is 4.90 Å². The fourth-order valence-electron chi connectivity index (χ4n) is 2.53. The van der Waals surface area contributed by atoms with Gasteiger partial charge in [0.1, 0.15) is 0 Å². The van der Waals surface area contributed by atoms with Crippen molar-refractivity contribution in [2.75, 3.05) is 18.0 Å². The van der Waals surface area contributed by atoms with Crippen LogP contribution in [0.25, 0.3) is 0 Å². The summed E-state index contributed by atoms with van der Waals surface area (Å²) in [6, 6.07) is 9.45. The predicted octanol–water partition coefficient (Wildman–Crippen LogP) is 3.67. The number of carbonyl (C=O) groups excluding carboxylic acids is 1. The number of anilines is 1. The number of ketones is 1. The van der Waals surface area contributed by atoms with Crippen LogP contribution in [0.4, 0.5) is 5.13 Å². The highest BCUT2D eigenvalue weighted by Crippen LogP contribution is 2.29. The van der Waals surface area contributed by atoms with E-state index in [1.54, 1.807) is 0 Å². The Morgan fingerprint density at radius 1 is 1.15 bits per heavy atom. The molecule has 3 nitrogen and oxygen atoms in total. The number of nitrogens with zero attached hydrogens (tertiary/aromatic N) is 2. The Hall–Kier alpha value is -1.68. The summed E-state index contributed by atoms with van der Waals surface area (Å²) >= 11 is 1.53. The number of rotatable bonds is 3. The van der Waals surface area contributed by atoms with Crippen molar-refractivity contribution in [1.82, 2.24) is 4.98 Å². The van der Waals surface area contributed by atoms with Crippen LogP contribution >= 0.6 is 11.3 Å². The number of hydrogen-bond acceptors (Lipinski definition) is 4. The molecule has 0 saturated carbocycles. The molecule has 1 saturated heterocycles. The zero-order valence-electron chi connectivity index (χ0n) is 11.6. The highest BCUT2D eigenvalue weighted by atomic mass is 32.1. The number of benzene rings is 1. The van der Waals surface area contributed by atoms with Crippen molar-refractivity contribution < 1.29 is 4.79 Å². The molecule has 1 aromatic heterocycles. The van der Waals surface area contributed by atoms with Gasteiger partial charge in [-0.25, -0.2) is 4.98 Å². The average Bonchev–Trinajstić information content (AvgIpc) is 2.90. The third-order valence-corrected chi connectivity index (χ3v) is 4.87. The number of thiazole rings is 1. The Balaban J connectivity index is 1.87. The van der Waals surface area contributed by atoms with E-state index >= 15 is 0 Å². The first-order chi connectivity index (χ1) is 9.75. The summed E-state index contributed by atoms with van der Waals surface area (Å²) in [6.45, 7) is 4.05. The lowest BCUT2D eigenvalue weighted by molar-refractivity contribution is 0.104. The summed E-state index contributed by atoms with van der Waals surface area (Å²) in [5, 5.41) is 1.00. The van der Waals surface area contributed by atoms with Crippen LogP contribution in [-0.2, 0) is 0 Å². The van der Waals surface area contributed by atoms with Gasteiger partial charge in [-0.2, -0.15) is 0 Å². The SMILES string of the molecule is Cc1nc(N2CCCCC2)sc1C(=O)c1ccccc1. The molecular formula is C16H18N2OS. The lowest BCUT2D eigenvalue weighted by Crippen LogP contribution is -2.29. The van der Waals surface area contributed by atoms with Crippen molar-refractivity contribution in [1.29, 1.82) is 0 Å². The minimum Gasteiger partial charge on any atom is -0.348 e. The molecule has 1 fully saturated rings. The lowest BCUT2D eigenvalue weighted by Gasteiger charge is -2.25. The second kappa shape index (κ2) is 5.75. The molecule has 20 heavy (non-hydrogen) atoms. The van der Waals surface area contributed by atoms with Gasteiger partial charge in [-0.1, -0.05) is 41.7 Å². The van der Waals surface area contributed by atoms with Crippen LogP contribution < -0.4 is 4.90 Å². The van der Waals surface area contributed by atoms with E-state index in [-0.39, 0.29) is 5.78 Å². The van der Waals surface area contributed by atoms with Crippen molar-refractivity contribution in [2.24, 2.45) is 0 Å². The highest BCUT2D eigenvalue weighted by Gasteiger charge is 2.20. The van der Waals surface area contributed by atoms with Gasteiger partial charge in [0, 0.05) is 18.7 Å². The molecule has 0 N–H and O–H groups in total. The summed E-state index contributed by atoms with van der Waals surface area (Å²) in [4.78, 5) is 20.2. The molecule has 0 bridgehead atoms. The van der Waals surface area contributed by atoms with E-state index in [0.29, 0.717) is 0 Å². The van der Waals surface area contributed by atoms with Gasteiger partial charge in [-0.15, -0.1) is 0 Å². The fourth-order valence-corrected chi connectivity index (χ4v) is 3.61. The Bertz CT molecular complexity index is 600. The summed E-state index contributed by atoms with van der Waals surface area (Å²) in [7, 11) is 0. The number of carbonyl (C=O) groups is 1. The van der Waals surface area contributed by atoms with Gasteiger partial charge in [0.05, 0.1) is 10.6 Å². The second-order valence-corrected chi connectivity index (χ2v) is 6.13. The molecule has 0 unspecified atom stereocenters. The molecule has 0 atom stereocenters. The van der Waals surface area contributed by atoms with Gasteiger partial charge in [0.25, 0.3) is 0 Å². The van der Waals surface area contributed by atoms with Crippen molar-refractivity contribution in [3.8, 4) is 0 Å². The average molecular weight is 286 g/mol. The molecular weight excluding hydrogens is 268 g/mol. The van der Waals surface area contributed by atoms with Gasteiger partial charge >= 0.3 is 0 Å². The Morgan fingerprint density at radius 3 is 2.55 bits per heavy atom. The van der Waals surface area contributed by atoms with Crippen LogP contribution in [0.15, 0.2) is 30.3 Å². The zero-order chi connectivity index (χ0) is 13.9. The maximum Gasteiger partial charge on any atom is 0.204 e. The molecule has 104 valence electrons. The predicted molar refractivity (Wildman–Crippen MR) is 82.8 cm³/mol. The molecule has 0 amide bonds. The summed E-state index contributed by atoms with van der Waals surface area (Å²) in [5.41, 5.74) is 1.59. The second-order valence-electron chi connectivity index (χ2n) is 5.15. The van der Waals surface area contributed by atoms with Gasteiger partial charge in [-0.3, -0.25) is 4.79 Å². The summed E-state index contributed by atoms with van der Waals surface area (Å²) in [5.74, 6) is 0.0869. The third kappa shape index (κ3) is 2.61. The van der Waals surface area contributed by atoms with E-state index in [1.807, 2.05) is 37.3 Å². The molecule has 1 aliphatic heterocycles. The topological polar surface area (TPSA) is 33.2 Å². The normalized spacial score (nSPS) is 15.3. The maximum atomic E-state index is 12.5. The zero-order valence-corrected chi connectivity index (χ0v) is 12.4. The standard InChI is InChI=1S/C16H18N2OS/c1-12-15(14(19)13-8-4-2-5-9-13)20-16(17-12)18-10-6-3-7-11-18/h2,4-5,8-9H,3,6-7,10-11H2,1H3. The molecule has 0 aliphatic carbocycles. The quantitative estimate of drug-likeness (QED) is 0.807. The van der Waals surface area contributed by atoms with Crippen molar-refractivity contribution >= 4 is 22.3 Å². The van der Waals surface area contributed by atoms with Crippen LogP contribution in [0.2, 0.25) is 0 Å². The first kappa shape index (κ1) is 13.3. The molecule has 0 radical (unpaired) electrons. The van der Waals surface area contributed by atoms with Crippen LogP contribution in [0.5, 0.6) is 0 Å². The van der Waals surface area contributed by atoms with E-state index in [1.165, 1.54) is 30.6 Å². The van der Waals surface area contributed by atoms with E-state index in [2.05, 4.69) is 9.88 Å². The number of aryl methyl sites for hydroxylation is 1. The van der Waals surface area contributed by atoms with Crippen LogP contribution in [-0.4, -0.2) is 23.9 Å². The molecule has 1 aromatic carbocycles. The van der Waals surface area contributed by atoms with Gasteiger partial charge in [0.2, 0.25) is 5.78 Å². The van der Waals surface area contributed by atoms with Crippen molar-refractivity contribution in [3.05, 3.63) is 46.5 Å². The molecule has 4 heteroatoms. The van der Waals surface area contributed by atoms with Crippen molar-refractivity contribution in [2.45, 2.75) is 26.2 Å². The third-order valence-electron chi connectivity index (χ3n) is 3.65. The summed E-state index contributed by atoms with van der Waals surface area (Å²) in [6.07, 6.45) is 3.75. The van der Waals surface area contributed by atoms with Crippen molar-refractivity contribution in [3.63, 3.8) is 0 Å². The Kier molecular flexibility index (Phi) is 3.83. The number of aromatic nitrogens is 1. The number of hydrogen-bond donors (Lipinski definition) is 0. The maximum absolute atomic E-state index is 12.5. The molecule has 1 aliphatic rings. The highest BCUT2D eigenvalue weighted by molar-refractivity contribution is 7.17. The summed E-state index contributed by atoms with van der Waals surface area (Å²) < 4.78 is 0. The molecule has 2 heterocycles. The monoisotopic (exact) mass is 286 g/mol. The first-order valence-corrected chi connectivity index (χ1v) is 7.89. The minimum absolute atomic E-state index is 0.0869.